The van der Waals surface area contributed by atoms with Gasteiger partial charge in [-0.25, -0.2) is 17.8 Å². The van der Waals surface area contributed by atoms with Crippen molar-refractivity contribution < 1.29 is 43.9 Å². The van der Waals surface area contributed by atoms with E-state index in [1.54, 1.807) is 6.07 Å². The Morgan fingerprint density at radius 3 is 2.22 bits per heavy atom. The van der Waals surface area contributed by atoms with Crippen LogP contribution in [-0.2, 0) is 26.6 Å². The summed E-state index contributed by atoms with van der Waals surface area (Å²) in [5.74, 6) is -4.42. The van der Waals surface area contributed by atoms with E-state index in [4.69, 9.17) is 0 Å². The monoisotopic (exact) mass is 552 g/mol. The molecule has 2 N–H and O–H groups in total. The Labute approximate surface area is 206 Å². The van der Waals surface area contributed by atoms with E-state index >= 15 is 0 Å². The minimum Gasteiger partial charge on any atom is -0.336 e. The highest BCUT2D eigenvalue weighted by molar-refractivity contribution is 7.90. The topological polar surface area (TPSA) is 112 Å². The molecule has 7 nitrogen and oxygen atoms in total. The molecule has 1 aromatic carbocycles. The Kier molecular flexibility index (Phi) is 7.85. The first-order valence-electron chi connectivity index (χ1n) is 10.6. The van der Waals surface area contributed by atoms with Gasteiger partial charge in [0.15, 0.2) is 9.84 Å². The van der Waals surface area contributed by atoms with Gasteiger partial charge in [0.05, 0.1) is 23.3 Å². The van der Waals surface area contributed by atoms with Crippen molar-refractivity contribution in [3.63, 3.8) is 0 Å². The molecule has 200 valence electrons. The SMILES string of the molecule is N#CC1(NC(=O)[C@H](CS(=O)(=O)Cc2cccc(C(F)(F)F)n2)N[C@@H](c2ccc(F)cc2)C(F)(F)F)CC1. The third-order valence-electron chi connectivity index (χ3n) is 5.43. The first-order chi connectivity index (χ1) is 17.0. The lowest BCUT2D eigenvalue weighted by Crippen LogP contribution is -2.54. The Hall–Kier alpha value is -3.25. The number of hydrogen-bond acceptors (Lipinski definition) is 6. The van der Waals surface area contributed by atoms with Crippen molar-refractivity contribution in [1.29, 1.82) is 5.26 Å². The molecule has 15 heteroatoms. The quantitative estimate of drug-likeness (QED) is 0.460. The van der Waals surface area contributed by atoms with Crippen LogP contribution in [0.2, 0.25) is 0 Å². The van der Waals surface area contributed by atoms with Crippen molar-refractivity contribution in [2.24, 2.45) is 0 Å². The number of pyridine rings is 1. The van der Waals surface area contributed by atoms with Crippen LogP contribution < -0.4 is 10.6 Å². The fraction of sp³-hybridized carbons (Fsp3) is 0.409. The predicted octanol–water partition coefficient (Wildman–Crippen LogP) is 3.59. The minimum absolute atomic E-state index is 0.198. The van der Waals surface area contributed by atoms with E-state index in [1.165, 1.54) is 0 Å². The number of carbonyl (C=O) groups is 1. The first kappa shape index (κ1) is 28.3. The maximum atomic E-state index is 13.9. The van der Waals surface area contributed by atoms with Crippen LogP contribution in [-0.4, -0.2) is 42.8 Å². The second-order valence-electron chi connectivity index (χ2n) is 8.50. The van der Waals surface area contributed by atoms with E-state index in [1.807, 2.05) is 5.32 Å². The average molecular weight is 552 g/mol. The number of aromatic nitrogens is 1. The summed E-state index contributed by atoms with van der Waals surface area (Å²) in [6.45, 7) is 0. The Bertz CT molecular complexity index is 1290. The lowest BCUT2D eigenvalue weighted by molar-refractivity contribution is -0.160. The molecule has 0 unspecified atom stereocenters. The first-order valence-corrected chi connectivity index (χ1v) is 12.4. The lowest BCUT2D eigenvalue weighted by Gasteiger charge is -2.28. The largest absolute Gasteiger partial charge is 0.433 e. The number of sulfone groups is 1. The van der Waals surface area contributed by atoms with Crippen molar-refractivity contribution >= 4 is 15.7 Å². The van der Waals surface area contributed by atoms with Crippen LogP contribution in [0.3, 0.4) is 0 Å². The van der Waals surface area contributed by atoms with Crippen LogP contribution in [0.5, 0.6) is 0 Å². The van der Waals surface area contributed by atoms with Crippen molar-refractivity contribution in [2.75, 3.05) is 5.75 Å². The molecule has 1 fully saturated rings. The predicted molar refractivity (Wildman–Crippen MR) is 115 cm³/mol. The fourth-order valence-corrected chi connectivity index (χ4v) is 4.89. The van der Waals surface area contributed by atoms with Crippen molar-refractivity contribution in [3.05, 3.63) is 65.2 Å². The summed E-state index contributed by atoms with van der Waals surface area (Å²) in [4.78, 5) is 16.1. The Morgan fingerprint density at radius 1 is 1.08 bits per heavy atom. The van der Waals surface area contributed by atoms with Gasteiger partial charge >= 0.3 is 12.4 Å². The molecule has 1 saturated carbocycles. The van der Waals surface area contributed by atoms with E-state index in [9.17, 15) is 49.2 Å². The van der Waals surface area contributed by atoms with Gasteiger partial charge in [-0.1, -0.05) is 18.2 Å². The standard InChI is InChI=1S/C22H19F7N4O3S/c23-14-6-4-13(5-7-14)18(22(27,28)29)32-16(19(34)33-20(12-30)8-9-20)11-37(35,36)10-15-2-1-3-17(31-15)21(24,25)26/h1-7,16,18,32H,8-11H2,(H,33,34)/t16-,18-/m0/s1. The summed E-state index contributed by atoms with van der Waals surface area (Å²) in [5.41, 5.74) is -3.78. The van der Waals surface area contributed by atoms with Gasteiger partial charge < -0.3 is 5.32 Å². The summed E-state index contributed by atoms with van der Waals surface area (Å²) in [5, 5.41) is 13.4. The van der Waals surface area contributed by atoms with Gasteiger partial charge in [-0.05, 0) is 42.7 Å². The molecular weight excluding hydrogens is 533 g/mol. The van der Waals surface area contributed by atoms with E-state index in [0.717, 1.165) is 36.4 Å². The maximum absolute atomic E-state index is 13.9. The second kappa shape index (κ2) is 10.3. The molecular formula is C22H19F7N4O3S. The van der Waals surface area contributed by atoms with E-state index in [0.29, 0.717) is 6.07 Å². The van der Waals surface area contributed by atoms with Gasteiger partial charge in [-0.15, -0.1) is 0 Å². The third-order valence-corrected chi connectivity index (χ3v) is 7.00. The molecule has 0 aliphatic heterocycles. The number of carbonyl (C=O) groups excluding carboxylic acids is 1. The van der Waals surface area contributed by atoms with Crippen molar-refractivity contribution in [2.45, 2.75) is 48.6 Å². The van der Waals surface area contributed by atoms with Crippen LogP contribution in [0.1, 0.15) is 35.8 Å². The van der Waals surface area contributed by atoms with Gasteiger partial charge in [-0.3, -0.25) is 10.1 Å². The molecule has 2 aromatic rings. The van der Waals surface area contributed by atoms with Crippen LogP contribution in [0.4, 0.5) is 30.7 Å². The van der Waals surface area contributed by atoms with Gasteiger partial charge in [0.2, 0.25) is 5.91 Å². The average Bonchev–Trinajstić information content (AvgIpc) is 3.55. The molecule has 37 heavy (non-hydrogen) atoms. The zero-order valence-corrected chi connectivity index (χ0v) is 19.5. The highest BCUT2D eigenvalue weighted by Crippen LogP contribution is 2.36. The number of halogens is 7. The number of hydrogen-bond donors (Lipinski definition) is 2. The van der Waals surface area contributed by atoms with Crippen molar-refractivity contribution in [1.82, 2.24) is 15.6 Å². The Morgan fingerprint density at radius 2 is 1.70 bits per heavy atom. The number of amides is 1. The third kappa shape index (κ3) is 7.62. The number of benzene rings is 1. The normalized spacial score (nSPS) is 16.9. The molecule has 1 amide bonds. The number of nitriles is 1. The molecule has 3 rings (SSSR count). The van der Waals surface area contributed by atoms with E-state index in [2.05, 4.69) is 10.3 Å². The number of nitrogens with zero attached hydrogens (tertiary/aromatic N) is 2. The number of nitrogens with one attached hydrogen (secondary N) is 2. The summed E-state index contributed by atoms with van der Waals surface area (Å²) in [6.07, 6.45) is -9.53. The molecule has 2 atom stereocenters. The maximum Gasteiger partial charge on any atom is 0.433 e. The number of rotatable bonds is 9. The summed E-state index contributed by atoms with van der Waals surface area (Å²) in [6, 6.07) is 2.72. The summed E-state index contributed by atoms with van der Waals surface area (Å²) < 4.78 is 119. The van der Waals surface area contributed by atoms with Gasteiger partial charge in [-0.2, -0.15) is 31.6 Å². The summed E-state index contributed by atoms with van der Waals surface area (Å²) in [7, 11) is -4.53. The van der Waals surface area contributed by atoms with Crippen LogP contribution >= 0.6 is 0 Å². The van der Waals surface area contributed by atoms with Crippen LogP contribution in [0.25, 0.3) is 0 Å². The molecule has 0 saturated heterocycles. The van der Waals surface area contributed by atoms with Crippen LogP contribution in [0.15, 0.2) is 42.5 Å². The molecule has 1 aromatic heterocycles. The molecule has 1 aliphatic rings. The smallest absolute Gasteiger partial charge is 0.336 e. The molecule has 1 aliphatic carbocycles. The van der Waals surface area contributed by atoms with Crippen molar-refractivity contribution in [3.8, 4) is 6.07 Å². The van der Waals surface area contributed by atoms with E-state index in [-0.39, 0.29) is 12.8 Å². The van der Waals surface area contributed by atoms with Gasteiger partial charge in [0.25, 0.3) is 0 Å². The zero-order valence-electron chi connectivity index (χ0n) is 18.7. The molecule has 0 bridgehead atoms. The lowest BCUT2D eigenvalue weighted by atomic mass is 10.0. The zero-order chi connectivity index (χ0) is 27.6. The Balaban J connectivity index is 1.90. The van der Waals surface area contributed by atoms with Gasteiger partial charge in [0, 0.05) is 0 Å². The second-order valence-corrected chi connectivity index (χ2v) is 10.6. The summed E-state index contributed by atoms with van der Waals surface area (Å²) >= 11 is 0. The van der Waals surface area contributed by atoms with E-state index < -0.39 is 80.0 Å². The molecule has 1 heterocycles. The van der Waals surface area contributed by atoms with Gasteiger partial charge in [0.1, 0.15) is 29.1 Å². The highest BCUT2D eigenvalue weighted by Gasteiger charge is 2.48. The molecule has 0 radical (unpaired) electrons. The fourth-order valence-electron chi connectivity index (χ4n) is 3.40. The highest BCUT2D eigenvalue weighted by atomic mass is 32.2. The number of alkyl halides is 6. The molecule has 0 spiro atoms. The minimum atomic E-state index is -5.06. The van der Waals surface area contributed by atoms with Crippen LogP contribution in [0, 0.1) is 17.1 Å².